The van der Waals surface area contributed by atoms with Crippen molar-refractivity contribution in [1.82, 2.24) is 0 Å². The zero-order chi connectivity index (χ0) is 19.8. The molecule has 0 saturated carbocycles. The van der Waals surface area contributed by atoms with Gasteiger partial charge in [-0.15, -0.1) is 0 Å². The Labute approximate surface area is 175 Å². The Kier molecular flexibility index (Phi) is 19.0. The highest BCUT2D eigenvalue weighted by Crippen LogP contribution is 2.14. The van der Waals surface area contributed by atoms with Gasteiger partial charge in [0.1, 0.15) is 0 Å². The third kappa shape index (κ3) is 19.2. The summed E-state index contributed by atoms with van der Waals surface area (Å²) in [4.78, 5) is 0. The van der Waals surface area contributed by atoms with E-state index in [1.165, 1.54) is 103 Å². The van der Waals surface area contributed by atoms with E-state index in [9.17, 15) is 0 Å². The number of rotatable bonds is 0. The Morgan fingerprint density at radius 2 is 0.429 bits per heavy atom. The molecule has 1 aliphatic rings. The van der Waals surface area contributed by atoms with E-state index in [-0.39, 0.29) is 0 Å². The topological polar surface area (TPSA) is 0 Å². The fourth-order valence-corrected chi connectivity index (χ4v) is 3.51. The van der Waals surface area contributed by atoms with E-state index in [0.29, 0.717) is 0 Å². The van der Waals surface area contributed by atoms with Crippen molar-refractivity contribution in [3.8, 4) is 0 Å². The van der Waals surface area contributed by atoms with Gasteiger partial charge in [-0.05, 0) is 25.7 Å². The summed E-state index contributed by atoms with van der Waals surface area (Å²) < 4.78 is 0. The third-order valence-corrected chi connectivity index (χ3v) is 5.26. The van der Waals surface area contributed by atoms with Crippen molar-refractivity contribution < 1.29 is 0 Å². The van der Waals surface area contributed by atoms with Crippen molar-refractivity contribution in [3.63, 3.8) is 0 Å². The molecule has 0 aliphatic heterocycles. The summed E-state index contributed by atoms with van der Waals surface area (Å²) >= 11 is 0. The average molecular weight is 381 g/mol. The molecule has 0 aromatic carbocycles. The first-order chi connectivity index (χ1) is 14.0. The fraction of sp³-hybridized carbons (Fsp3) is 0.571. The molecule has 1 aliphatic carbocycles. The van der Waals surface area contributed by atoms with Crippen LogP contribution in [0.1, 0.15) is 103 Å². The van der Waals surface area contributed by atoms with Crippen molar-refractivity contribution in [2.45, 2.75) is 103 Å². The minimum absolute atomic E-state index is 1.21. The second kappa shape index (κ2) is 21.7. The lowest BCUT2D eigenvalue weighted by Crippen LogP contribution is -1.83. The molecule has 0 heterocycles. The van der Waals surface area contributed by atoms with Crippen LogP contribution in [0.2, 0.25) is 0 Å². The molecule has 0 amide bonds. The highest BCUT2D eigenvalue weighted by molar-refractivity contribution is 5.19. The van der Waals surface area contributed by atoms with Crippen molar-refractivity contribution in [2.24, 2.45) is 0 Å². The maximum atomic E-state index is 2.30. The molecule has 156 valence electrons. The Balaban J connectivity index is 2.26. The molecular weight excluding hydrogens is 336 g/mol. The first-order valence-corrected chi connectivity index (χ1v) is 12.0. The van der Waals surface area contributed by atoms with E-state index < -0.39 is 0 Å². The van der Waals surface area contributed by atoms with Gasteiger partial charge in [-0.2, -0.15) is 0 Å². The lowest BCUT2D eigenvalue weighted by atomic mass is 10.0. The van der Waals surface area contributed by atoms with Crippen LogP contribution >= 0.6 is 0 Å². The van der Waals surface area contributed by atoms with Gasteiger partial charge in [0.25, 0.3) is 0 Å². The van der Waals surface area contributed by atoms with E-state index in [1.807, 2.05) is 0 Å². The van der Waals surface area contributed by atoms with Crippen LogP contribution in [0.3, 0.4) is 0 Å². The average Bonchev–Trinajstić information content (AvgIpc) is 2.71. The Morgan fingerprint density at radius 3 is 0.714 bits per heavy atom. The molecule has 0 radical (unpaired) electrons. The first-order valence-electron chi connectivity index (χ1n) is 12.0. The smallest absolute Gasteiger partial charge is 0.0348 e. The highest BCUT2D eigenvalue weighted by Gasteiger charge is 1.94. The van der Waals surface area contributed by atoms with Crippen molar-refractivity contribution in [2.75, 3.05) is 0 Å². The molecule has 0 aromatic heterocycles. The second-order valence-corrected chi connectivity index (χ2v) is 7.92. The molecule has 0 bridgehead atoms. The van der Waals surface area contributed by atoms with Crippen LogP contribution in [0, 0.1) is 0 Å². The lowest BCUT2D eigenvalue weighted by molar-refractivity contribution is 0.534. The van der Waals surface area contributed by atoms with Crippen LogP contribution in [0.5, 0.6) is 0 Å². The van der Waals surface area contributed by atoms with Gasteiger partial charge in [-0.1, -0.05) is 150 Å². The fourth-order valence-electron chi connectivity index (χ4n) is 3.51. The van der Waals surface area contributed by atoms with Crippen LogP contribution < -0.4 is 0 Å². The van der Waals surface area contributed by atoms with Gasteiger partial charge in [0.2, 0.25) is 0 Å². The molecule has 0 atom stereocenters. The largest absolute Gasteiger partial charge is 0.0845 e. The summed E-state index contributed by atoms with van der Waals surface area (Å²) in [5.74, 6) is 0. The molecule has 0 nitrogen and oxygen atoms in total. The van der Waals surface area contributed by atoms with Crippen LogP contribution in [-0.4, -0.2) is 0 Å². The van der Waals surface area contributed by atoms with Gasteiger partial charge in [0.15, 0.2) is 0 Å². The van der Waals surface area contributed by atoms with Gasteiger partial charge >= 0.3 is 0 Å². The molecule has 28 heavy (non-hydrogen) atoms. The van der Waals surface area contributed by atoms with E-state index in [1.54, 1.807) is 0 Å². The van der Waals surface area contributed by atoms with E-state index in [0.717, 1.165) is 0 Å². The summed E-state index contributed by atoms with van der Waals surface area (Å²) in [5, 5.41) is 0. The molecule has 0 N–H and O–H groups in total. The molecule has 1 rings (SSSR count). The molecule has 0 unspecified atom stereocenters. The predicted molar refractivity (Wildman–Crippen MR) is 129 cm³/mol. The summed E-state index contributed by atoms with van der Waals surface area (Å²) in [7, 11) is 0. The molecular formula is C28H44. The van der Waals surface area contributed by atoms with Crippen molar-refractivity contribution in [3.05, 3.63) is 72.9 Å². The summed E-state index contributed by atoms with van der Waals surface area (Å²) in [6.07, 6.45) is 48.0. The highest BCUT2D eigenvalue weighted by atomic mass is 14.0. The van der Waals surface area contributed by atoms with Crippen LogP contribution in [0.25, 0.3) is 0 Å². The van der Waals surface area contributed by atoms with Gasteiger partial charge in [0.05, 0.1) is 0 Å². The lowest BCUT2D eigenvalue weighted by Gasteiger charge is -2.03. The Morgan fingerprint density at radius 1 is 0.214 bits per heavy atom. The summed E-state index contributed by atoms with van der Waals surface area (Å²) in [6.45, 7) is 0. The zero-order valence-corrected chi connectivity index (χ0v) is 18.2. The van der Waals surface area contributed by atoms with Crippen LogP contribution in [0.4, 0.5) is 0 Å². The van der Waals surface area contributed by atoms with Crippen molar-refractivity contribution >= 4 is 0 Å². The second-order valence-electron chi connectivity index (χ2n) is 7.92. The maximum Gasteiger partial charge on any atom is -0.0348 e. The number of allylic oxidation sites excluding steroid dienone is 12. The Hall–Kier alpha value is -1.56. The van der Waals surface area contributed by atoms with Crippen LogP contribution in [0.15, 0.2) is 72.9 Å². The Bertz CT molecular complexity index is 438. The van der Waals surface area contributed by atoms with Gasteiger partial charge in [-0.25, -0.2) is 0 Å². The van der Waals surface area contributed by atoms with E-state index in [2.05, 4.69) is 72.9 Å². The molecule has 0 heteroatoms. The van der Waals surface area contributed by atoms with E-state index >= 15 is 0 Å². The normalized spacial score (nSPS) is 20.6. The zero-order valence-electron chi connectivity index (χ0n) is 18.2. The predicted octanol–water partition coefficient (Wildman–Crippen LogP) is 9.58. The van der Waals surface area contributed by atoms with Gasteiger partial charge < -0.3 is 0 Å². The summed E-state index contributed by atoms with van der Waals surface area (Å²) in [6, 6.07) is 0. The minimum Gasteiger partial charge on any atom is -0.0845 e. The number of hydrogen-bond donors (Lipinski definition) is 0. The standard InChI is InChI=1S/C28H44/c1-2-4-6-8-10-12-14-16-18-20-22-24-26-28-27-25-23-21-19-17-15-13-11-9-7-5-3-1/h1-12H,13-28H2. The molecule has 0 saturated heterocycles. The first kappa shape index (κ1) is 24.5. The summed E-state index contributed by atoms with van der Waals surface area (Å²) in [5.41, 5.74) is 0. The quantitative estimate of drug-likeness (QED) is 0.392. The minimum atomic E-state index is 1.21. The van der Waals surface area contributed by atoms with E-state index in [4.69, 9.17) is 0 Å². The van der Waals surface area contributed by atoms with Crippen molar-refractivity contribution in [1.29, 1.82) is 0 Å². The van der Waals surface area contributed by atoms with Gasteiger partial charge in [0, 0.05) is 0 Å². The van der Waals surface area contributed by atoms with Gasteiger partial charge in [-0.3, -0.25) is 0 Å². The third-order valence-electron chi connectivity index (χ3n) is 5.26. The van der Waals surface area contributed by atoms with Crippen LogP contribution in [-0.2, 0) is 0 Å². The SMILES string of the molecule is C1=CC=CC=CCCCCCCCCCCCCCCCCC=CC=CC=C1. The number of hydrogen-bond acceptors (Lipinski definition) is 0. The molecule has 0 spiro atoms. The monoisotopic (exact) mass is 380 g/mol. The molecule has 0 aromatic rings. The maximum absolute atomic E-state index is 2.30. The molecule has 0 fully saturated rings.